The van der Waals surface area contributed by atoms with E-state index in [1.54, 1.807) is 0 Å². The average Bonchev–Trinajstić information content (AvgIpc) is 2.36. The largest absolute Gasteiger partial charge is 0.431 e. The Bertz CT molecular complexity index is 467. The van der Waals surface area contributed by atoms with Gasteiger partial charge in [-0.1, -0.05) is 33.1 Å². The van der Waals surface area contributed by atoms with Gasteiger partial charge in [0, 0.05) is 24.3 Å². The van der Waals surface area contributed by atoms with E-state index >= 15 is 0 Å². The molecule has 0 amide bonds. The summed E-state index contributed by atoms with van der Waals surface area (Å²) in [6.07, 6.45) is 7.81. The number of rotatable bonds is 1. The predicted octanol–water partition coefficient (Wildman–Crippen LogP) is 3.77. The number of carbonyl (C=O) groups is 2. The molecule has 1 heterocycles. The second-order valence-corrected chi connectivity index (χ2v) is 7.46. The highest BCUT2D eigenvalue weighted by atomic mass is 16.5. The first kappa shape index (κ1) is 13.8. The van der Waals surface area contributed by atoms with E-state index < -0.39 is 0 Å². The van der Waals surface area contributed by atoms with E-state index in [1.807, 2.05) is 0 Å². The molecule has 3 aliphatic rings. The van der Waals surface area contributed by atoms with Crippen molar-refractivity contribution in [2.75, 3.05) is 0 Å². The maximum absolute atomic E-state index is 12.6. The summed E-state index contributed by atoms with van der Waals surface area (Å²) in [7, 11) is 0. The molecule has 3 rings (SSSR count). The Kier molecular flexibility index (Phi) is 3.47. The van der Waals surface area contributed by atoms with Crippen LogP contribution in [0.15, 0.2) is 11.3 Å². The molecule has 1 unspecified atom stereocenters. The summed E-state index contributed by atoms with van der Waals surface area (Å²) >= 11 is 0. The first-order valence-corrected chi connectivity index (χ1v) is 7.93. The van der Waals surface area contributed by atoms with Gasteiger partial charge in [-0.3, -0.25) is 9.59 Å². The number of ether oxygens (including phenoxy) is 1. The maximum atomic E-state index is 12.6. The number of hydrogen-bond donors (Lipinski definition) is 0. The van der Waals surface area contributed by atoms with E-state index in [-0.39, 0.29) is 23.1 Å². The second kappa shape index (κ2) is 5.01. The highest BCUT2D eigenvalue weighted by Crippen LogP contribution is 2.47. The SMILES string of the molecule is CC1(C)CC(=O)C2=C(C1)OC(=O)CC2C1CCCCC1. The molecule has 1 atom stereocenters. The molecule has 2 aliphatic carbocycles. The fourth-order valence-corrected chi connectivity index (χ4v) is 4.18. The van der Waals surface area contributed by atoms with Crippen molar-refractivity contribution in [1.82, 2.24) is 0 Å². The van der Waals surface area contributed by atoms with Gasteiger partial charge in [0.2, 0.25) is 0 Å². The van der Waals surface area contributed by atoms with Crippen molar-refractivity contribution < 1.29 is 14.3 Å². The zero-order valence-corrected chi connectivity index (χ0v) is 12.5. The Morgan fingerprint density at radius 2 is 1.75 bits per heavy atom. The van der Waals surface area contributed by atoms with Gasteiger partial charge in [0.15, 0.2) is 5.78 Å². The zero-order valence-electron chi connectivity index (χ0n) is 12.5. The fraction of sp³-hybridized carbons (Fsp3) is 0.765. The molecule has 1 aliphatic heterocycles. The molecular weight excluding hydrogens is 252 g/mol. The number of carbonyl (C=O) groups excluding carboxylic acids is 2. The first-order chi connectivity index (χ1) is 9.46. The minimum atomic E-state index is -0.134. The summed E-state index contributed by atoms with van der Waals surface area (Å²) in [4.78, 5) is 24.5. The third-order valence-electron chi connectivity index (χ3n) is 5.09. The van der Waals surface area contributed by atoms with Crippen LogP contribution < -0.4 is 0 Å². The second-order valence-electron chi connectivity index (χ2n) is 7.46. The van der Waals surface area contributed by atoms with E-state index in [1.165, 1.54) is 19.3 Å². The van der Waals surface area contributed by atoms with E-state index in [4.69, 9.17) is 4.74 Å². The maximum Gasteiger partial charge on any atom is 0.311 e. The monoisotopic (exact) mass is 276 g/mol. The lowest BCUT2D eigenvalue weighted by Crippen LogP contribution is -2.37. The van der Waals surface area contributed by atoms with Gasteiger partial charge in [0.05, 0.1) is 6.42 Å². The molecule has 0 aromatic rings. The molecule has 0 saturated heterocycles. The summed E-state index contributed by atoms with van der Waals surface area (Å²) in [6, 6.07) is 0. The Labute approximate surface area is 120 Å². The van der Waals surface area contributed by atoms with Crippen molar-refractivity contribution in [1.29, 1.82) is 0 Å². The van der Waals surface area contributed by atoms with Crippen LogP contribution in [0.25, 0.3) is 0 Å². The van der Waals surface area contributed by atoms with Crippen LogP contribution in [0.3, 0.4) is 0 Å². The van der Waals surface area contributed by atoms with Gasteiger partial charge in [0.1, 0.15) is 5.76 Å². The van der Waals surface area contributed by atoms with Gasteiger partial charge in [-0.15, -0.1) is 0 Å². The first-order valence-electron chi connectivity index (χ1n) is 7.93. The third-order valence-corrected chi connectivity index (χ3v) is 5.09. The Hall–Kier alpha value is -1.12. The lowest BCUT2D eigenvalue weighted by Gasteiger charge is -2.40. The quantitative estimate of drug-likeness (QED) is 0.685. The Morgan fingerprint density at radius 1 is 1.05 bits per heavy atom. The number of Topliss-reactive ketones (excluding diaryl/α,β-unsaturated/α-hetero) is 1. The van der Waals surface area contributed by atoms with Gasteiger partial charge >= 0.3 is 5.97 Å². The van der Waals surface area contributed by atoms with Crippen LogP contribution >= 0.6 is 0 Å². The van der Waals surface area contributed by atoms with E-state index in [2.05, 4.69) is 13.8 Å². The molecule has 3 heteroatoms. The van der Waals surface area contributed by atoms with Crippen LogP contribution in [0.2, 0.25) is 0 Å². The van der Waals surface area contributed by atoms with Crippen LogP contribution in [0.4, 0.5) is 0 Å². The molecule has 0 N–H and O–H groups in total. The fourth-order valence-electron chi connectivity index (χ4n) is 4.18. The number of esters is 1. The molecule has 0 radical (unpaired) electrons. The molecule has 0 aromatic carbocycles. The van der Waals surface area contributed by atoms with Crippen molar-refractivity contribution in [2.24, 2.45) is 17.3 Å². The van der Waals surface area contributed by atoms with Crippen LogP contribution in [0.1, 0.15) is 65.2 Å². The molecule has 1 saturated carbocycles. The standard InChI is InChI=1S/C17H24O3/c1-17(2)9-13(18)16-12(11-6-4-3-5-7-11)8-15(19)20-14(16)10-17/h11-12H,3-10H2,1-2H3. The number of hydrogen-bond acceptors (Lipinski definition) is 3. The molecule has 1 fully saturated rings. The molecule has 0 aromatic heterocycles. The van der Waals surface area contributed by atoms with Crippen molar-refractivity contribution in [3.8, 4) is 0 Å². The Balaban J connectivity index is 1.93. The van der Waals surface area contributed by atoms with Gasteiger partial charge < -0.3 is 4.74 Å². The average molecular weight is 276 g/mol. The minimum Gasteiger partial charge on any atom is -0.431 e. The van der Waals surface area contributed by atoms with Crippen LogP contribution in [-0.2, 0) is 14.3 Å². The summed E-state index contributed by atoms with van der Waals surface area (Å²) < 4.78 is 5.44. The lowest BCUT2D eigenvalue weighted by molar-refractivity contribution is -0.144. The van der Waals surface area contributed by atoms with Gasteiger partial charge in [-0.25, -0.2) is 0 Å². The van der Waals surface area contributed by atoms with E-state index in [0.29, 0.717) is 24.5 Å². The van der Waals surface area contributed by atoms with E-state index in [0.717, 1.165) is 24.8 Å². The van der Waals surface area contributed by atoms with Crippen LogP contribution in [0.5, 0.6) is 0 Å². The minimum absolute atomic E-state index is 0.0787. The summed E-state index contributed by atoms with van der Waals surface area (Å²) in [5, 5.41) is 0. The van der Waals surface area contributed by atoms with Crippen molar-refractivity contribution in [3.05, 3.63) is 11.3 Å². The van der Waals surface area contributed by atoms with Gasteiger partial charge in [-0.05, 0) is 24.2 Å². The molecule has 110 valence electrons. The van der Waals surface area contributed by atoms with Crippen LogP contribution in [-0.4, -0.2) is 11.8 Å². The molecular formula is C17H24O3. The summed E-state index contributed by atoms with van der Waals surface area (Å²) in [6.45, 7) is 4.15. The zero-order chi connectivity index (χ0) is 14.3. The highest BCUT2D eigenvalue weighted by Gasteiger charge is 2.43. The third kappa shape index (κ3) is 2.55. The van der Waals surface area contributed by atoms with Crippen molar-refractivity contribution in [3.63, 3.8) is 0 Å². The lowest BCUT2D eigenvalue weighted by atomic mass is 9.67. The summed E-state index contributed by atoms with van der Waals surface area (Å²) in [5.41, 5.74) is 0.792. The normalized spacial score (nSPS) is 31.0. The highest BCUT2D eigenvalue weighted by molar-refractivity contribution is 5.99. The summed E-state index contributed by atoms with van der Waals surface area (Å²) in [5.74, 6) is 1.42. The predicted molar refractivity (Wildman–Crippen MR) is 75.8 cm³/mol. The Morgan fingerprint density at radius 3 is 2.45 bits per heavy atom. The topological polar surface area (TPSA) is 43.4 Å². The molecule has 20 heavy (non-hydrogen) atoms. The molecule has 3 nitrogen and oxygen atoms in total. The number of allylic oxidation sites excluding steroid dienone is 2. The van der Waals surface area contributed by atoms with E-state index in [9.17, 15) is 9.59 Å². The smallest absolute Gasteiger partial charge is 0.311 e. The molecule has 0 spiro atoms. The van der Waals surface area contributed by atoms with Gasteiger partial charge in [0.25, 0.3) is 0 Å². The van der Waals surface area contributed by atoms with Gasteiger partial charge in [-0.2, -0.15) is 0 Å². The molecule has 0 bridgehead atoms. The number of ketones is 1. The van der Waals surface area contributed by atoms with Crippen LogP contribution in [0, 0.1) is 17.3 Å². The van der Waals surface area contributed by atoms with Crippen molar-refractivity contribution >= 4 is 11.8 Å². The van der Waals surface area contributed by atoms with Crippen molar-refractivity contribution in [2.45, 2.75) is 65.2 Å².